The Kier molecular flexibility index (Phi) is 3.20. The third kappa shape index (κ3) is 2.28. The van der Waals surface area contributed by atoms with Gasteiger partial charge >= 0.3 is 5.69 Å². The lowest BCUT2D eigenvalue weighted by molar-refractivity contribution is -0.117. The minimum absolute atomic E-state index is 0.174. The van der Waals surface area contributed by atoms with Gasteiger partial charge in [0.25, 0.3) is 5.91 Å². The Morgan fingerprint density at radius 2 is 2.30 bits per heavy atom. The van der Waals surface area contributed by atoms with Crippen LogP contribution in [0.15, 0.2) is 16.4 Å². The molecule has 0 aromatic carbocycles. The van der Waals surface area contributed by atoms with Crippen LogP contribution in [0, 0.1) is 0 Å². The first-order chi connectivity index (χ1) is 9.48. The van der Waals surface area contributed by atoms with E-state index in [1.807, 2.05) is 12.3 Å². The van der Waals surface area contributed by atoms with Crippen LogP contribution in [0.25, 0.3) is 11.3 Å². The quantitative estimate of drug-likeness (QED) is 0.430. The average Bonchev–Trinajstić information content (AvgIpc) is 2.98. The van der Waals surface area contributed by atoms with E-state index >= 15 is 0 Å². The predicted molar refractivity (Wildman–Crippen MR) is 81.1 cm³/mol. The van der Waals surface area contributed by atoms with Gasteiger partial charge in [-0.05, 0) is 17.4 Å². The number of rotatable bonds is 2. The Morgan fingerprint density at radius 1 is 1.50 bits per heavy atom. The number of nitrogens with zero attached hydrogens (tertiary/aromatic N) is 4. The molecule has 0 bridgehead atoms. The highest BCUT2D eigenvalue weighted by atomic mass is 127. The lowest BCUT2D eigenvalue weighted by atomic mass is 10.0. The molecule has 3 rings (SSSR count). The molecule has 1 amide bonds. The summed E-state index contributed by atoms with van der Waals surface area (Å²) in [4.78, 5) is 28.3. The zero-order valence-corrected chi connectivity index (χ0v) is 13.2. The molecule has 0 saturated carbocycles. The molecule has 2 aromatic heterocycles. The van der Waals surface area contributed by atoms with Gasteiger partial charge < -0.3 is 5.32 Å². The van der Waals surface area contributed by atoms with Crippen molar-refractivity contribution in [1.82, 2.24) is 30.5 Å². The number of halogens is 1. The van der Waals surface area contributed by atoms with E-state index in [0.717, 1.165) is 4.68 Å². The number of nitrogens with one attached hydrogen (secondary N) is 2. The smallest absolute Gasteiger partial charge is 0.336 e. The number of hydrogen-bond acceptors (Lipinski definition) is 6. The van der Waals surface area contributed by atoms with Gasteiger partial charge in [-0.15, -0.1) is 11.3 Å². The first-order valence-corrected chi connectivity index (χ1v) is 7.59. The van der Waals surface area contributed by atoms with E-state index in [1.165, 1.54) is 11.3 Å². The van der Waals surface area contributed by atoms with Crippen molar-refractivity contribution in [2.45, 2.75) is 16.9 Å². The van der Waals surface area contributed by atoms with Crippen LogP contribution in [0.5, 0.6) is 0 Å². The molecule has 20 heavy (non-hydrogen) atoms. The summed E-state index contributed by atoms with van der Waals surface area (Å²) < 4.78 is 0.532. The van der Waals surface area contributed by atoms with E-state index in [0.29, 0.717) is 17.0 Å². The van der Waals surface area contributed by atoms with Gasteiger partial charge in [0.05, 0.1) is 3.55 Å². The summed E-state index contributed by atoms with van der Waals surface area (Å²) in [7, 11) is 0. The van der Waals surface area contributed by atoms with E-state index < -0.39 is 9.24 Å². The fourth-order valence-corrected chi connectivity index (χ4v) is 3.32. The number of aromatic amines is 1. The van der Waals surface area contributed by atoms with Crippen molar-refractivity contribution < 1.29 is 4.79 Å². The summed E-state index contributed by atoms with van der Waals surface area (Å²) in [6.45, 7) is 1.90. The molecule has 1 unspecified atom stereocenters. The first kappa shape index (κ1) is 13.4. The zero-order chi connectivity index (χ0) is 14.3. The minimum Gasteiger partial charge on any atom is -0.336 e. The molecule has 2 N–H and O–H groups in total. The SMILES string of the molecule is CC1(I)CC(c2nccs2)=C(n2nn[nH]c2=O)C(=O)N1. The number of tetrazole rings is 1. The van der Waals surface area contributed by atoms with Crippen molar-refractivity contribution in [3.05, 3.63) is 27.1 Å². The van der Waals surface area contributed by atoms with Crippen LogP contribution in [0.2, 0.25) is 0 Å². The molecule has 10 heteroatoms. The number of aromatic nitrogens is 5. The lowest BCUT2D eigenvalue weighted by Crippen LogP contribution is -2.47. The minimum atomic E-state index is -0.554. The topological polar surface area (TPSA) is 106 Å². The van der Waals surface area contributed by atoms with Gasteiger partial charge in [0.15, 0.2) is 0 Å². The Hall–Kier alpha value is -1.56. The van der Waals surface area contributed by atoms with E-state index in [9.17, 15) is 9.59 Å². The van der Waals surface area contributed by atoms with Crippen molar-refractivity contribution in [3.63, 3.8) is 0 Å². The largest absolute Gasteiger partial charge is 0.366 e. The highest BCUT2D eigenvalue weighted by Crippen LogP contribution is 2.37. The predicted octanol–water partition coefficient (Wildman–Crippen LogP) is 0.462. The van der Waals surface area contributed by atoms with Crippen LogP contribution in [0.3, 0.4) is 0 Å². The van der Waals surface area contributed by atoms with Crippen molar-refractivity contribution in [2.24, 2.45) is 0 Å². The molecule has 0 saturated heterocycles. The standard InChI is InChI=1S/C10H9IN6O2S/c1-10(11)4-5(8-12-2-3-20-8)6(7(18)13-10)17-9(19)14-15-16-17/h2-3H,4H2,1H3,(H,13,18)(H,14,16,19). The number of carbonyl (C=O) groups is 1. The first-order valence-electron chi connectivity index (χ1n) is 5.63. The maximum atomic E-state index is 12.3. The highest BCUT2D eigenvalue weighted by molar-refractivity contribution is 14.1. The maximum Gasteiger partial charge on any atom is 0.366 e. The second-order valence-corrected chi connectivity index (χ2v) is 7.69. The molecule has 2 aromatic rings. The van der Waals surface area contributed by atoms with Crippen LogP contribution in [-0.2, 0) is 4.79 Å². The second kappa shape index (κ2) is 4.77. The second-order valence-electron chi connectivity index (χ2n) is 4.41. The van der Waals surface area contributed by atoms with Crippen molar-refractivity contribution >= 4 is 51.1 Å². The monoisotopic (exact) mass is 404 g/mol. The third-order valence-corrected chi connectivity index (χ3v) is 4.24. The number of thiazole rings is 1. The molecule has 0 spiro atoms. The molecule has 104 valence electrons. The van der Waals surface area contributed by atoms with Gasteiger partial charge in [-0.3, -0.25) is 4.79 Å². The third-order valence-electron chi connectivity index (χ3n) is 2.76. The van der Waals surface area contributed by atoms with E-state index in [-0.39, 0.29) is 11.6 Å². The number of alkyl halides is 1. The lowest BCUT2D eigenvalue weighted by Gasteiger charge is -2.31. The summed E-state index contributed by atoms with van der Waals surface area (Å²) in [5.41, 5.74) is 0.311. The van der Waals surface area contributed by atoms with Gasteiger partial charge in [-0.2, -0.15) is 4.68 Å². The van der Waals surface area contributed by atoms with Crippen molar-refractivity contribution in [3.8, 4) is 0 Å². The van der Waals surface area contributed by atoms with Crippen LogP contribution in [-0.4, -0.2) is 34.6 Å². The van der Waals surface area contributed by atoms with E-state index in [4.69, 9.17) is 0 Å². The Labute approximate surface area is 130 Å². The van der Waals surface area contributed by atoms with Crippen molar-refractivity contribution in [1.29, 1.82) is 0 Å². The summed E-state index contributed by atoms with van der Waals surface area (Å²) in [6, 6.07) is 0. The summed E-state index contributed by atoms with van der Waals surface area (Å²) >= 11 is 3.58. The molecular weight excluding hydrogens is 395 g/mol. The summed E-state index contributed by atoms with van der Waals surface area (Å²) in [5.74, 6) is -0.366. The zero-order valence-electron chi connectivity index (χ0n) is 10.3. The molecule has 3 heterocycles. The molecule has 0 radical (unpaired) electrons. The Balaban J connectivity index is 2.25. The van der Waals surface area contributed by atoms with Crippen LogP contribution >= 0.6 is 33.9 Å². The molecule has 8 nitrogen and oxygen atoms in total. The van der Waals surface area contributed by atoms with E-state index in [2.05, 4.69) is 48.4 Å². The molecule has 1 aliphatic rings. The molecule has 1 aliphatic heterocycles. The number of amides is 1. The molecule has 0 fully saturated rings. The number of hydrogen-bond donors (Lipinski definition) is 2. The van der Waals surface area contributed by atoms with Gasteiger partial charge in [0, 0.05) is 23.6 Å². The van der Waals surface area contributed by atoms with Gasteiger partial charge in [0.1, 0.15) is 10.7 Å². The maximum absolute atomic E-state index is 12.3. The number of carbonyl (C=O) groups excluding carboxylic acids is 1. The summed E-state index contributed by atoms with van der Waals surface area (Å²) in [5, 5.41) is 14.6. The molecule has 0 aliphatic carbocycles. The van der Waals surface area contributed by atoms with Crippen molar-refractivity contribution in [2.75, 3.05) is 0 Å². The van der Waals surface area contributed by atoms with Crippen LogP contribution < -0.4 is 11.0 Å². The van der Waals surface area contributed by atoms with Gasteiger partial charge in [-0.25, -0.2) is 14.9 Å². The van der Waals surface area contributed by atoms with E-state index in [1.54, 1.807) is 6.20 Å². The Morgan fingerprint density at radius 3 is 2.90 bits per heavy atom. The van der Waals surface area contributed by atoms with Crippen LogP contribution in [0.1, 0.15) is 18.4 Å². The fourth-order valence-electron chi connectivity index (χ4n) is 2.01. The highest BCUT2D eigenvalue weighted by Gasteiger charge is 2.37. The summed E-state index contributed by atoms with van der Waals surface area (Å²) in [6.07, 6.45) is 2.20. The average molecular weight is 404 g/mol. The van der Waals surface area contributed by atoms with Crippen LogP contribution in [0.4, 0.5) is 0 Å². The van der Waals surface area contributed by atoms with Gasteiger partial charge in [0.2, 0.25) is 0 Å². The van der Waals surface area contributed by atoms with Gasteiger partial charge in [-0.1, -0.05) is 22.6 Å². The fraction of sp³-hybridized carbons (Fsp3) is 0.300. The molecule has 1 atom stereocenters. The number of H-pyrrole nitrogens is 1. The molecular formula is C10H9IN6O2S. The Bertz CT molecular complexity index is 744. The normalized spacial score (nSPS) is 23.0.